The van der Waals surface area contributed by atoms with E-state index in [0.717, 1.165) is 31.2 Å². The van der Waals surface area contributed by atoms with Crippen LogP contribution in [-0.4, -0.2) is 31.9 Å². The largest absolute Gasteiger partial charge is 0.360 e. The van der Waals surface area contributed by atoms with Crippen molar-refractivity contribution in [2.24, 2.45) is 5.41 Å². The fourth-order valence-corrected chi connectivity index (χ4v) is 8.23. The Kier molecular flexibility index (Phi) is 3.34. The summed E-state index contributed by atoms with van der Waals surface area (Å²) >= 11 is 0. The summed E-state index contributed by atoms with van der Waals surface area (Å²) in [6, 6.07) is 15.8. The topological polar surface area (TPSA) is 63.7 Å². The highest BCUT2D eigenvalue weighted by molar-refractivity contribution is 7.93. The Morgan fingerprint density at radius 2 is 1.69 bits per heavy atom. The summed E-state index contributed by atoms with van der Waals surface area (Å²) in [4.78, 5) is 13.7. The molecule has 3 heterocycles. The molecule has 0 N–H and O–H groups in total. The van der Waals surface area contributed by atoms with E-state index in [-0.39, 0.29) is 22.6 Å². The lowest BCUT2D eigenvalue weighted by molar-refractivity contribution is -0.133. The standard InChI is InChI=1S/C23H23NO4S/c1-22-13-7-8-14-23(22)20-18(19(28-23)21(22)25)16-11-5-6-12-17(16)24(20)29(26,27)15-9-3-2-4-10-15/h2-6,9-12,18-20H,7-8,13-14H2,1H3/t18-,19+,20-,22+,23-/m0/s1. The lowest BCUT2D eigenvalue weighted by Crippen LogP contribution is -2.64. The van der Waals surface area contributed by atoms with Gasteiger partial charge in [-0.2, -0.15) is 0 Å². The number of sulfonamides is 1. The van der Waals surface area contributed by atoms with E-state index in [1.807, 2.05) is 37.3 Å². The van der Waals surface area contributed by atoms with Crippen LogP contribution in [0.3, 0.4) is 0 Å². The molecule has 0 aromatic heterocycles. The third-order valence-electron chi connectivity index (χ3n) is 7.78. The molecule has 5 atom stereocenters. The van der Waals surface area contributed by atoms with Gasteiger partial charge in [0.2, 0.25) is 0 Å². The number of hydrogen-bond donors (Lipinski definition) is 0. The zero-order valence-corrected chi connectivity index (χ0v) is 17.1. The number of ether oxygens (including phenoxy) is 1. The molecule has 4 aliphatic rings. The molecule has 0 amide bonds. The maximum atomic E-state index is 13.9. The average molecular weight is 410 g/mol. The third kappa shape index (κ3) is 1.90. The van der Waals surface area contributed by atoms with Crippen molar-refractivity contribution in [1.82, 2.24) is 0 Å². The second-order valence-corrected chi connectivity index (χ2v) is 10.8. The highest BCUT2D eigenvalue weighted by atomic mass is 32.2. The zero-order chi connectivity index (χ0) is 20.0. The molecule has 2 bridgehead atoms. The van der Waals surface area contributed by atoms with E-state index in [0.29, 0.717) is 5.69 Å². The van der Waals surface area contributed by atoms with Crippen molar-refractivity contribution in [2.45, 2.75) is 61.2 Å². The third-order valence-corrected chi connectivity index (χ3v) is 9.59. The van der Waals surface area contributed by atoms with Crippen LogP contribution in [0.25, 0.3) is 0 Å². The van der Waals surface area contributed by atoms with Gasteiger partial charge >= 0.3 is 0 Å². The second-order valence-electron chi connectivity index (χ2n) is 8.97. The first-order chi connectivity index (χ1) is 13.9. The number of anilines is 1. The molecule has 3 aliphatic heterocycles. The summed E-state index contributed by atoms with van der Waals surface area (Å²) in [6.07, 6.45) is 2.87. The van der Waals surface area contributed by atoms with Gasteiger partial charge in [0, 0.05) is 5.92 Å². The fourth-order valence-electron chi connectivity index (χ4n) is 6.48. The Balaban J connectivity index is 1.61. The predicted molar refractivity (Wildman–Crippen MR) is 108 cm³/mol. The molecule has 2 aromatic rings. The number of ketones is 1. The molecule has 6 heteroatoms. The van der Waals surface area contributed by atoms with Gasteiger partial charge < -0.3 is 4.74 Å². The van der Waals surface area contributed by atoms with Crippen molar-refractivity contribution in [3.05, 3.63) is 60.2 Å². The SMILES string of the molecule is C[C@]12CCCC[C@@]13O[C@@H](C2=O)[C@@H]1c2ccccc2N(S(=O)(=O)c2ccccc2)[C@@H]13. The van der Waals surface area contributed by atoms with Crippen molar-refractivity contribution in [3.8, 4) is 0 Å². The van der Waals surface area contributed by atoms with Crippen LogP contribution in [0.5, 0.6) is 0 Å². The van der Waals surface area contributed by atoms with E-state index in [9.17, 15) is 13.2 Å². The molecular formula is C23H23NO4S. The van der Waals surface area contributed by atoms with Crippen LogP contribution in [0.2, 0.25) is 0 Å². The molecule has 150 valence electrons. The number of carbonyl (C=O) groups is 1. The van der Waals surface area contributed by atoms with Crippen molar-refractivity contribution in [1.29, 1.82) is 0 Å². The zero-order valence-electron chi connectivity index (χ0n) is 16.2. The number of hydrogen-bond acceptors (Lipinski definition) is 4. The molecule has 29 heavy (non-hydrogen) atoms. The van der Waals surface area contributed by atoms with Crippen molar-refractivity contribution < 1.29 is 17.9 Å². The maximum absolute atomic E-state index is 13.9. The normalized spacial score (nSPS) is 37.3. The quantitative estimate of drug-likeness (QED) is 0.760. The average Bonchev–Trinajstić information content (AvgIpc) is 3.32. The van der Waals surface area contributed by atoms with Crippen LogP contribution < -0.4 is 4.31 Å². The molecule has 2 aromatic carbocycles. The molecule has 6 rings (SSSR count). The number of benzene rings is 2. The van der Waals surface area contributed by atoms with Gasteiger partial charge in [-0.1, -0.05) is 49.2 Å². The van der Waals surface area contributed by atoms with Crippen LogP contribution in [0.4, 0.5) is 5.69 Å². The monoisotopic (exact) mass is 409 g/mol. The Hall–Kier alpha value is -2.18. The Bertz CT molecular complexity index is 1130. The van der Waals surface area contributed by atoms with E-state index in [1.54, 1.807) is 28.6 Å². The van der Waals surface area contributed by atoms with E-state index < -0.39 is 27.1 Å². The van der Waals surface area contributed by atoms with Crippen LogP contribution in [0, 0.1) is 5.41 Å². The summed E-state index contributed by atoms with van der Waals surface area (Å²) in [7, 11) is -3.79. The number of carbonyl (C=O) groups excluding carboxylic acids is 1. The van der Waals surface area contributed by atoms with Crippen LogP contribution in [0.1, 0.15) is 44.1 Å². The van der Waals surface area contributed by atoms with E-state index >= 15 is 0 Å². The van der Waals surface area contributed by atoms with Crippen molar-refractivity contribution >= 4 is 21.5 Å². The highest BCUT2D eigenvalue weighted by Gasteiger charge is 2.78. The maximum Gasteiger partial charge on any atom is 0.264 e. The van der Waals surface area contributed by atoms with Gasteiger partial charge in [0.1, 0.15) is 11.7 Å². The highest BCUT2D eigenvalue weighted by Crippen LogP contribution is 2.68. The van der Waals surface area contributed by atoms with Gasteiger partial charge in [0.05, 0.1) is 22.0 Å². The van der Waals surface area contributed by atoms with E-state index in [4.69, 9.17) is 4.74 Å². The minimum absolute atomic E-state index is 0.159. The van der Waals surface area contributed by atoms with Crippen molar-refractivity contribution in [3.63, 3.8) is 0 Å². The molecule has 0 radical (unpaired) electrons. The first kappa shape index (κ1) is 17.7. The minimum atomic E-state index is -3.79. The molecule has 1 spiro atoms. The van der Waals surface area contributed by atoms with Crippen LogP contribution >= 0.6 is 0 Å². The molecule has 3 fully saturated rings. The minimum Gasteiger partial charge on any atom is -0.360 e. The van der Waals surface area contributed by atoms with Crippen LogP contribution in [-0.2, 0) is 19.6 Å². The van der Waals surface area contributed by atoms with E-state index in [1.165, 1.54) is 0 Å². The van der Waals surface area contributed by atoms with Gasteiger partial charge in [0.25, 0.3) is 10.0 Å². The lowest BCUT2D eigenvalue weighted by atomic mass is 9.55. The molecule has 1 aliphatic carbocycles. The molecule has 2 saturated heterocycles. The molecule has 5 nitrogen and oxygen atoms in total. The van der Waals surface area contributed by atoms with Gasteiger partial charge in [0.15, 0.2) is 5.78 Å². The van der Waals surface area contributed by atoms with Crippen molar-refractivity contribution in [2.75, 3.05) is 4.31 Å². The first-order valence-corrected chi connectivity index (χ1v) is 11.8. The fraction of sp³-hybridized carbons (Fsp3) is 0.435. The summed E-state index contributed by atoms with van der Waals surface area (Å²) in [5, 5.41) is 0. The predicted octanol–water partition coefficient (Wildman–Crippen LogP) is 3.65. The lowest BCUT2D eigenvalue weighted by Gasteiger charge is -2.50. The summed E-state index contributed by atoms with van der Waals surface area (Å²) in [5.74, 6) is -0.0735. The number of Topliss-reactive ketones (excluding diaryl/α,β-unsaturated/α-hetero) is 1. The number of rotatable bonds is 2. The summed E-state index contributed by atoms with van der Waals surface area (Å²) in [6.45, 7) is 2.00. The molecular weight excluding hydrogens is 386 g/mol. The number of fused-ring (bicyclic) bond motifs is 5. The summed E-state index contributed by atoms with van der Waals surface area (Å²) in [5.41, 5.74) is 0.240. The van der Waals surface area contributed by atoms with Gasteiger partial charge in [-0.25, -0.2) is 8.42 Å². The van der Waals surface area contributed by atoms with Gasteiger partial charge in [-0.15, -0.1) is 0 Å². The summed E-state index contributed by atoms with van der Waals surface area (Å²) < 4.78 is 35.8. The Morgan fingerprint density at radius 1 is 1.00 bits per heavy atom. The first-order valence-electron chi connectivity index (χ1n) is 10.3. The Labute approximate surface area is 170 Å². The smallest absolute Gasteiger partial charge is 0.264 e. The van der Waals surface area contributed by atoms with Crippen LogP contribution in [0.15, 0.2) is 59.5 Å². The second kappa shape index (κ2) is 5.49. The van der Waals surface area contributed by atoms with E-state index in [2.05, 4.69) is 0 Å². The Morgan fingerprint density at radius 3 is 2.48 bits per heavy atom. The molecule has 1 saturated carbocycles. The number of para-hydroxylation sites is 1. The van der Waals surface area contributed by atoms with Gasteiger partial charge in [-0.3, -0.25) is 9.10 Å². The van der Waals surface area contributed by atoms with Gasteiger partial charge in [-0.05, 0) is 43.5 Å². The number of nitrogens with zero attached hydrogens (tertiary/aromatic N) is 1. The molecule has 0 unspecified atom stereocenters.